The quantitative estimate of drug-likeness (QED) is 0.261. The summed E-state index contributed by atoms with van der Waals surface area (Å²) < 4.78 is 10.2. The van der Waals surface area contributed by atoms with Gasteiger partial charge in [-0.05, 0) is 31.0 Å². The van der Waals surface area contributed by atoms with Crippen molar-refractivity contribution in [2.24, 2.45) is 0 Å². The van der Waals surface area contributed by atoms with Gasteiger partial charge in [0.2, 0.25) is 0 Å². The van der Waals surface area contributed by atoms with E-state index in [4.69, 9.17) is 9.47 Å². The molecule has 0 N–H and O–H groups in total. The van der Waals surface area contributed by atoms with Crippen molar-refractivity contribution in [2.75, 3.05) is 13.7 Å². The Labute approximate surface area is 156 Å². The summed E-state index contributed by atoms with van der Waals surface area (Å²) in [6, 6.07) is 7.08. The van der Waals surface area contributed by atoms with E-state index in [2.05, 4.69) is 6.92 Å². The van der Waals surface area contributed by atoms with Crippen molar-refractivity contribution in [3.05, 3.63) is 41.2 Å². The van der Waals surface area contributed by atoms with E-state index in [1.165, 1.54) is 6.92 Å². The van der Waals surface area contributed by atoms with Crippen molar-refractivity contribution < 1.29 is 24.2 Å². The average molecular weight is 361 g/mol. The van der Waals surface area contributed by atoms with E-state index in [9.17, 15) is 14.7 Å². The van der Waals surface area contributed by atoms with Gasteiger partial charge in [-0.25, -0.2) is 4.79 Å². The highest BCUT2D eigenvalue weighted by Crippen LogP contribution is 2.32. The summed E-state index contributed by atoms with van der Waals surface area (Å²) >= 11 is 0. The molecule has 0 heterocycles. The van der Waals surface area contributed by atoms with Crippen LogP contribution in [0.2, 0.25) is 0 Å². The Morgan fingerprint density at radius 1 is 1.12 bits per heavy atom. The molecule has 0 aliphatic rings. The van der Waals surface area contributed by atoms with Crippen molar-refractivity contribution in [1.82, 2.24) is 0 Å². The molecule has 0 aromatic heterocycles. The van der Waals surface area contributed by atoms with Gasteiger partial charge in [0, 0.05) is 24.3 Å². The normalized spacial score (nSPS) is 12.9. The smallest absolute Gasteiger partial charge is 0.333 e. The van der Waals surface area contributed by atoms with E-state index in [-0.39, 0.29) is 30.1 Å². The maximum atomic E-state index is 12.4. The second kappa shape index (κ2) is 11.3. The molecule has 26 heavy (non-hydrogen) atoms. The molecule has 0 amide bonds. The molecule has 0 spiro atoms. The Balaban J connectivity index is 3.16. The van der Waals surface area contributed by atoms with Gasteiger partial charge in [0.25, 0.3) is 0 Å². The van der Waals surface area contributed by atoms with Crippen LogP contribution in [0, 0.1) is 0 Å². The Morgan fingerprint density at radius 2 is 1.77 bits per heavy atom. The highest BCUT2D eigenvalue weighted by atomic mass is 16.5. The van der Waals surface area contributed by atoms with Crippen molar-refractivity contribution in [1.29, 1.82) is 0 Å². The van der Waals surface area contributed by atoms with Gasteiger partial charge in [-0.1, -0.05) is 38.8 Å². The first-order chi connectivity index (χ1) is 12.4. The molecule has 0 fully saturated rings. The van der Waals surface area contributed by atoms with Crippen LogP contribution in [-0.4, -0.2) is 25.5 Å². The predicted octanol–water partition coefficient (Wildman–Crippen LogP) is 3.52. The van der Waals surface area contributed by atoms with Crippen LogP contribution in [0.4, 0.5) is 0 Å². The third kappa shape index (κ3) is 6.54. The number of ketones is 1. The minimum absolute atomic E-state index is 0.0286. The topological polar surface area (TPSA) is 75.7 Å². The van der Waals surface area contributed by atoms with Crippen molar-refractivity contribution in [3.8, 4) is 5.75 Å². The molecule has 1 atom stereocenters. The lowest BCUT2D eigenvalue weighted by atomic mass is 9.85. The van der Waals surface area contributed by atoms with E-state index < -0.39 is 11.9 Å². The molecule has 0 saturated heterocycles. The fraction of sp³-hybridized carbons (Fsp3) is 0.524. The maximum Gasteiger partial charge on any atom is 0.333 e. The second-order valence-corrected chi connectivity index (χ2v) is 6.22. The number of unbranched alkanes of at least 4 members (excludes halogenated alkanes) is 2. The number of carbonyl (C=O) groups excluding carboxylic acids is 2. The SMILES string of the molecule is CCCCCC(=O)CC(/C(C(=O)OCC)=C(/C)[O-])c1ccc(OC)cc1. The van der Waals surface area contributed by atoms with E-state index in [1.54, 1.807) is 38.3 Å². The average Bonchev–Trinajstić information content (AvgIpc) is 2.61. The third-order valence-corrected chi connectivity index (χ3v) is 4.23. The molecule has 0 aliphatic carbocycles. The van der Waals surface area contributed by atoms with Crippen LogP contribution < -0.4 is 9.84 Å². The van der Waals surface area contributed by atoms with Crippen LogP contribution >= 0.6 is 0 Å². The van der Waals surface area contributed by atoms with Crippen LogP contribution in [0.1, 0.15) is 64.4 Å². The number of allylic oxidation sites excluding steroid dienone is 1. The van der Waals surface area contributed by atoms with Gasteiger partial charge >= 0.3 is 5.97 Å². The summed E-state index contributed by atoms with van der Waals surface area (Å²) in [7, 11) is 1.56. The molecule has 0 saturated carbocycles. The van der Waals surface area contributed by atoms with E-state index in [0.717, 1.165) is 24.8 Å². The van der Waals surface area contributed by atoms with E-state index in [0.29, 0.717) is 12.2 Å². The van der Waals surface area contributed by atoms with Gasteiger partial charge in [0.15, 0.2) is 0 Å². The number of ether oxygens (including phenoxy) is 2. The minimum atomic E-state index is -0.651. The monoisotopic (exact) mass is 361 g/mol. The minimum Gasteiger partial charge on any atom is -0.875 e. The lowest BCUT2D eigenvalue weighted by Gasteiger charge is -2.24. The number of hydrogen-bond acceptors (Lipinski definition) is 5. The number of Topliss-reactive ketones (excluding diaryl/α,β-unsaturated/α-hetero) is 1. The van der Waals surface area contributed by atoms with Gasteiger partial charge in [-0.15, -0.1) is 5.76 Å². The molecule has 1 aromatic rings. The summed E-state index contributed by atoms with van der Waals surface area (Å²) in [6.45, 7) is 5.28. The molecular formula is C21H29O5-. The van der Waals surface area contributed by atoms with Crippen molar-refractivity contribution in [2.45, 2.75) is 58.8 Å². The number of benzene rings is 1. The summed E-state index contributed by atoms with van der Waals surface area (Å²) in [5, 5.41) is 12.2. The molecule has 1 unspecified atom stereocenters. The number of hydrogen-bond donors (Lipinski definition) is 0. The first kappa shape index (κ1) is 21.7. The molecular weight excluding hydrogens is 332 g/mol. The van der Waals surface area contributed by atoms with Crippen molar-refractivity contribution in [3.63, 3.8) is 0 Å². The zero-order valence-corrected chi connectivity index (χ0v) is 16.2. The summed E-state index contributed by atoms with van der Waals surface area (Å²) in [4.78, 5) is 24.8. The van der Waals surface area contributed by atoms with Crippen LogP contribution in [0.3, 0.4) is 0 Å². The molecule has 144 valence electrons. The van der Waals surface area contributed by atoms with Gasteiger partial charge in [-0.3, -0.25) is 4.79 Å². The number of esters is 1. The lowest BCUT2D eigenvalue weighted by Crippen LogP contribution is -2.22. The van der Waals surface area contributed by atoms with Crippen LogP contribution in [-0.2, 0) is 14.3 Å². The molecule has 0 radical (unpaired) electrons. The van der Waals surface area contributed by atoms with Crippen LogP contribution in [0.25, 0.3) is 0 Å². The summed E-state index contributed by atoms with van der Waals surface area (Å²) in [5.41, 5.74) is 0.758. The zero-order valence-electron chi connectivity index (χ0n) is 16.2. The maximum absolute atomic E-state index is 12.4. The van der Waals surface area contributed by atoms with Crippen LogP contribution in [0.15, 0.2) is 35.6 Å². The number of methoxy groups -OCH3 is 1. The predicted molar refractivity (Wildman–Crippen MR) is 98.8 cm³/mol. The Bertz CT molecular complexity index is 612. The fourth-order valence-corrected chi connectivity index (χ4v) is 2.86. The Kier molecular flexibility index (Phi) is 9.48. The summed E-state index contributed by atoms with van der Waals surface area (Å²) in [5.74, 6) is -0.913. The highest BCUT2D eigenvalue weighted by molar-refractivity contribution is 5.92. The Hall–Kier alpha value is -2.30. The van der Waals surface area contributed by atoms with Gasteiger partial charge in [-0.2, -0.15) is 0 Å². The standard InChI is InChI=1S/C21H30O5/c1-5-7-8-9-17(23)14-19(16-10-12-18(25-4)13-11-16)20(15(3)22)21(24)26-6-2/h10-13,19,22H,5-9,14H2,1-4H3/p-1/b20-15+. The molecule has 0 bridgehead atoms. The molecule has 0 aliphatic heterocycles. The van der Waals surface area contributed by atoms with E-state index in [1.807, 2.05) is 0 Å². The first-order valence-electron chi connectivity index (χ1n) is 9.15. The van der Waals surface area contributed by atoms with Gasteiger partial charge in [0.1, 0.15) is 11.5 Å². The van der Waals surface area contributed by atoms with Gasteiger partial charge in [0.05, 0.1) is 13.7 Å². The van der Waals surface area contributed by atoms with E-state index >= 15 is 0 Å². The molecule has 5 nitrogen and oxygen atoms in total. The van der Waals surface area contributed by atoms with Crippen LogP contribution in [0.5, 0.6) is 5.75 Å². The number of carbonyl (C=O) groups is 2. The molecule has 1 rings (SSSR count). The fourth-order valence-electron chi connectivity index (χ4n) is 2.86. The zero-order chi connectivity index (χ0) is 19.5. The highest BCUT2D eigenvalue weighted by Gasteiger charge is 2.26. The molecule has 5 heteroatoms. The number of rotatable bonds is 11. The Morgan fingerprint density at radius 3 is 2.27 bits per heavy atom. The second-order valence-electron chi connectivity index (χ2n) is 6.22. The van der Waals surface area contributed by atoms with Crippen molar-refractivity contribution >= 4 is 11.8 Å². The molecule has 1 aromatic carbocycles. The lowest BCUT2D eigenvalue weighted by molar-refractivity contribution is -0.303. The summed E-state index contributed by atoms with van der Waals surface area (Å²) in [6.07, 6.45) is 3.40. The largest absolute Gasteiger partial charge is 0.875 e. The third-order valence-electron chi connectivity index (χ3n) is 4.23. The first-order valence-corrected chi connectivity index (χ1v) is 9.15. The van der Waals surface area contributed by atoms with Gasteiger partial charge < -0.3 is 14.6 Å².